The van der Waals surface area contributed by atoms with E-state index in [1.54, 1.807) is 6.33 Å². The van der Waals surface area contributed by atoms with Gasteiger partial charge in [-0.2, -0.15) is 0 Å². The topological polar surface area (TPSA) is 120 Å². The molecular weight excluding hydrogens is 220 g/mol. The summed E-state index contributed by atoms with van der Waals surface area (Å²) in [7, 11) is 0. The zero-order valence-corrected chi connectivity index (χ0v) is 9.24. The molecule has 2 aromatic heterocycles. The van der Waals surface area contributed by atoms with Crippen molar-refractivity contribution in [3.63, 3.8) is 0 Å². The molecule has 8 nitrogen and oxygen atoms in total. The Morgan fingerprint density at radius 1 is 1.35 bits per heavy atom. The second-order valence-corrected chi connectivity index (χ2v) is 3.54. The lowest BCUT2D eigenvalue weighted by Gasteiger charge is -2.01. The number of nitrogen functional groups attached to an aromatic ring is 1. The quantitative estimate of drug-likeness (QED) is 0.449. The molecule has 3 N–H and O–H groups in total. The number of nitrogens with two attached hydrogens (primary N) is 1. The molecule has 0 radical (unpaired) electrons. The molecule has 88 valence electrons. The van der Waals surface area contributed by atoms with Gasteiger partial charge in [0.25, 0.3) is 0 Å². The van der Waals surface area contributed by atoms with Gasteiger partial charge < -0.3 is 10.3 Å². The van der Waals surface area contributed by atoms with Gasteiger partial charge in [-0.1, -0.05) is 0 Å². The average molecular weight is 233 g/mol. The average Bonchev–Trinajstić information content (AvgIpc) is 2.74. The summed E-state index contributed by atoms with van der Waals surface area (Å²) in [6, 6.07) is 0. The van der Waals surface area contributed by atoms with Crippen LogP contribution in [0.15, 0.2) is 17.8 Å². The van der Waals surface area contributed by atoms with E-state index < -0.39 is 0 Å². The molecule has 0 amide bonds. The van der Waals surface area contributed by atoms with Crippen molar-refractivity contribution < 1.29 is 0 Å². The first-order valence-corrected chi connectivity index (χ1v) is 5.27. The fourth-order valence-electron chi connectivity index (χ4n) is 1.58. The Morgan fingerprint density at radius 3 is 3.06 bits per heavy atom. The van der Waals surface area contributed by atoms with Crippen molar-refractivity contribution in [1.82, 2.24) is 24.4 Å². The van der Waals surface area contributed by atoms with Crippen LogP contribution in [0.1, 0.15) is 12.8 Å². The molecule has 0 unspecified atom stereocenters. The summed E-state index contributed by atoms with van der Waals surface area (Å²) >= 11 is 0. The van der Waals surface area contributed by atoms with Crippen LogP contribution in [0.2, 0.25) is 0 Å². The first kappa shape index (κ1) is 11.2. The monoisotopic (exact) mass is 233 g/mol. The number of aryl methyl sites for hydroxylation is 1. The summed E-state index contributed by atoms with van der Waals surface area (Å²) in [5.41, 5.74) is 13.6. The molecule has 2 heterocycles. The van der Waals surface area contributed by atoms with E-state index in [0.29, 0.717) is 17.9 Å². The second-order valence-electron chi connectivity index (χ2n) is 3.54. The van der Waals surface area contributed by atoms with E-state index in [9.17, 15) is 0 Å². The van der Waals surface area contributed by atoms with Gasteiger partial charge in [0.2, 0.25) is 4.91 Å². The minimum absolute atomic E-state index is 0.400. The number of hydrogen-bond acceptors (Lipinski definition) is 6. The van der Waals surface area contributed by atoms with Gasteiger partial charge in [-0.3, -0.25) is 0 Å². The molecule has 2 rings (SSSR count). The fraction of sp³-hybridized carbons (Fsp3) is 0.444. The molecule has 2 aromatic rings. The van der Waals surface area contributed by atoms with Gasteiger partial charge >= 0.3 is 0 Å². The highest BCUT2D eigenvalue weighted by Crippen LogP contribution is 2.14. The number of fused-ring (bicyclic) bond motifs is 1. The van der Waals surface area contributed by atoms with E-state index in [2.05, 4.69) is 25.0 Å². The maximum Gasteiger partial charge on any atom is 0.214 e. The summed E-state index contributed by atoms with van der Waals surface area (Å²) in [5.74, 6) is 0.400. The van der Waals surface area contributed by atoms with Crippen molar-refractivity contribution in [3.8, 4) is 0 Å². The van der Waals surface area contributed by atoms with Crippen molar-refractivity contribution in [2.24, 2.45) is 5.11 Å². The summed E-state index contributed by atoms with van der Waals surface area (Å²) in [6.45, 7) is 1.37. The molecule has 0 saturated carbocycles. The number of rotatable bonds is 5. The Balaban J connectivity index is 2.04. The number of imidazole rings is 1. The van der Waals surface area contributed by atoms with Gasteiger partial charge in [-0.15, -0.1) is 0 Å². The molecule has 0 fully saturated rings. The maximum absolute atomic E-state index is 6.52. The molecule has 0 aliphatic rings. The molecule has 0 bridgehead atoms. The van der Waals surface area contributed by atoms with Crippen molar-refractivity contribution in [1.29, 1.82) is 5.53 Å². The van der Waals surface area contributed by atoms with Gasteiger partial charge in [0.15, 0.2) is 11.5 Å². The highest BCUT2D eigenvalue weighted by atomic mass is 15.1. The van der Waals surface area contributed by atoms with Crippen LogP contribution in [0.5, 0.6) is 0 Å². The molecule has 0 spiro atoms. The second kappa shape index (κ2) is 5.13. The van der Waals surface area contributed by atoms with E-state index in [1.165, 1.54) is 6.33 Å². The highest BCUT2D eigenvalue weighted by molar-refractivity contribution is 5.80. The van der Waals surface area contributed by atoms with Crippen molar-refractivity contribution in [2.75, 3.05) is 12.3 Å². The summed E-state index contributed by atoms with van der Waals surface area (Å²) in [6.07, 6.45) is 4.95. The first-order chi connectivity index (χ1) is 8.33. The third kappa shape index (κ3) is 2.43. The number of anilines is 1. The Kier molecular flexibility index (Phi) is 3.37. The molecule has 0 atom stereocenters. The third-order valence-corrected chi connectivity index (χ3v) is 2.41. The molecule has 0 aliphatic carbocycles. The summed E-state index contributed by atoms with van der Waals surface area (Å²) in [4.78, 5) is 15.2. The predicted octanol–water partition coefficient (Wildman–Crippen LogP) is 0.739. The smallest absolute Gasteiger partial charge is 0.214 e. The van der Waals surface area contributed by atoms with Gasteiger partial charge in [-0.25, -0.2) is 15.0 Å². The van der Waals surface area contributed by atoms with Gasteiger partial charge in [0, 0.05) is 6.54 Å². The zero-order valence-electron chi connectivity index (χ0n) is 9.24. The molecular formula is C9H13N8+. The van der Waals surface area contributed by atoms with Crippen LogP contribution in [0.3, 0.4) is 0 Å². The normalized spacial score (nSPS) is 10.4. The Bertz CT molecular complexity index is 553. The lowest BCUT2D eigenvalue weighted by molar-refractivity contribution is 0.613. The Morgan fingerprint density at radius 2 is 2.24 bits per heavy atom. The standard InChI is InChI=1S/C9H13N8/c10-8-7-9(13-5-12-8)17(6-14-7)4-2-1-3-15-16-11/h5-6,11H,1-4H2,(H2,10,12,13)/q+1. The molecule has 0 aliphatic heterocycles. The van der Waals surface area contributed by atoms with Crippen LogP contribution < -0.4 is 10.6 Å². The lowest BCUT2D eigenvalue weighted by Crippen LogP contribution is -2.00. The number of unbranched alkanes of at least 4 members (excludes halogenated alkanes) is 1. The summed E-state index contributed by atoms with van der Waals surface area (Å²) in [5, 5.41) is 3.59. The van der Waals surface area contributed by atoms with Crippen LogP contribution in [-0.2, 0) is 6.54 Å². The van der Waals surface area contributed by atoms with Crippen molar-refractivity contribution in [3.05, 3.63) is 12.7 Å². The zero-order chi connectivity index (χ0) is 12.1. The fourth-order valence-corrected chi connectivity index (χ4v) is 1.58. The predicted molar refractivity (Wildman–Crippen MR) is 61.1 cm³/mol. The minimum atomic E-state index is 0.400. The highest BCUT2D eigenvalue weighted by Gasteiger charge is 2.06. The number of nitrogens with one attached hydrogen (secondary N) is 1. The largest absolute Gasteiger partial charge is 0.382 e. The molecule has 0 saturated heterocycles. The number of nitrogens with zero attached hydrogens (tertiary/aromatic N) is 6. The van der Waals surface area contributed by atoms with Crippen molar-refractivity contribution >= 4 is 17.0 Å². The Hall–Kier alpha value is -2.34. The Labute approximate surface area is 97.1 Å². The van der Waals surface area contributed by atoms with Crippen LogP contribution in [0.25, 0.3) is 11.2 Å². The van der Waals surface area contributed by atoms with Crippen LogP contribution in [-0.4, -0.2) is 26.1 Å². The van der Waals surface area contributed by atoms with Crippen LogP contribution in [0, 0.1) is 5.53 Å². The molecule has 8 heteroatoms. The van der Waals surface area contributed by atoms with Crippen LogP contribution in [0.4, 0.5) is 5.82 Å². The van der Waals surface area contributed by atoms with E-state index in [4.69, 9.17) is 11.3 Å². The van der Waals surface area contributed by atoms with E-state index in [-0.39, 0.29) is 0 Å². The third-order valence-electron chi connectivity index (χ3n) is 2.41. The summed E-state index contributed by atoms with van der Waals surface area (Å²) < 4.78 is 1.94. The lowest BCUT2D eigenvalue weighted by atomic mass is 10.3. The first-order valence-electron chi connectivity index (χ1n) is 5.27. The minimum Gasteiger partial charge on any atom is -0.382 e. The number of hydrogen-bond donors (Lipinski definition) is 2. The SMILES string of the molecule is N=[N+]=NCCCCn1cnc2c(N)ncnc21. The van der Waals surface area contributed by atoms with Crippen LogP contribution >= 0.6 is 0 Å². The van der Waals surface area contributed by atoms with E-state index in [0.717, 1.165) is 25.0 Å². The van der Waals surface area contributed by atoms with E-state index in [1.807, 2.05) is 4.57 Å². The van der Waals surface area contributed by atoms with E-state index >= 15 is 0 Å². The molecule has 0 aromatic carbocycles. The van der Waals surface area contributed by atoms with Gasteiger partial charge in [-0.05, 0) is 12.8 Å². The van der Waals surface area contributed by atoms with Gasteiger partial charge in [0.1, 0.15) is 29.0 Å². The molecule has 17 heavy (non-hydrogen) atoms. The van der Waals surface area contributed by atoms with Gasteiger partial charge in [0.05, 0.1) is 6.33 Å². The number of aromatic nitrogens is 4. The van der Waals surface area contributed by atoms with Crippen molar-refractivity contribution in [2.45, 2.75) is 19.4 Å². The maximum atomic E-state index is 6.52.